The van der Waals surface area contributed by atoms with Crippen molar-refractivity contribution in [3.05, 3.63) is 69.7 Å². The molecule has 0 saturated heterocycles. The van der Waals surface area contributed by atoms with Crippen LogP contribution in [0.3, 0.4) is 0 Å². The smallest absolute Gasteiger partial charge is 0.0840 e. The first kappa shape index (κ1) is 10.7. The van der Waals surface area contributed by atoms with Crippen LogP contribution in [-0.4, -0.2) is 0 Å². The van der Waals surface area contributed by atoms with Crippen molar-refractivity contribution in [3.8, 4) is 0 Å². The molecule has 0 atom stereocenters. The molecule has 0 aliphatic carbocycles. The molecule has 0 saturated carbocycles. The topological polar surface area (TPSA) is 28.1 Å². The van der Waals surface area contributed by atoms with Gasteiger partial charge in [0.05, 0.1) is 5.56 Å². The summed E-state index contributed by atoms with van der Waals surface area (Å²) in [5.41, 5.74) is 2.57. The molecule has 2 aromatic carbocycles. The number of rotatable bonds is 2. The molecule has 0 fully saturated rings. The van der Waals surface area contributed by atoms with Gasteiger partial charge in [-0.1, -0.05) is 48.0 Å². The van der Waals surface area contributed by atoms with Crippen molar-refractivity contribution in [1.29, 1.82) is 5.39 Å². The van der Waals surface area contributed by atoms with Crippen LogP contribution in [0.15, 0.2) is 48.5 Å². The molecule has 16 heavy (non-hydrogen) atoms. The maximum Gasteiger partial charge on any atom is 0.388 e. The normalized spacial score (nSPS) is 9.75. The van der Waals surface area contributed by atoms with E-state index in [1.54, 1.807) is 6.07 Å². The van der Waals surface area contributed by atoms with Crippen molar-refractivity contribution < 1.29 is 0 Å². The monoisotopic (exact) mass is 229 g/mol. The minimum atomic E-state index is 0.586. The summed E-state index contributed by atoms with van der Waals surface area (Å²) >= 11 is 6.08. The minimum Gasteiger partial charge on any atom is -0.0840 e. The molecule has 0 N–H and O–H groups in total. The molecule has 0 radical (unpaired) electrons. The van der Waals surface area contributed by atoms with E-state index in [0.29, 0.717) is 12.1 Å². The maximum atomic E-state index is 8.86. The lowest BCUT2D eigenvalue weighted by Gasteiger charge is -2.01. The van der Waals surface area contributed by atoms with E-state index in [0.717, 1.165) is 16.1 Å². The van der Waals surface area contributed by atoms with Crippen molar-refractivity contribution in [1.82, 2.24) is 0 Å². The van der Waals surface area contributed by atoms with E-state index in [4.69, 9.17) is 17.0 Å². The Labute approximate surface area is 99.1 Å². The summed E-state index contributed by atoms with van der Waals surface area (Å²) < 4.78 is 0. The number of benzene rings is 2. The van der Waals surface area contributed by atoms with Gasteiger partial charge in [0.25, 0.3) is 0 Å². The lowest BCUT2D eigenvalue weighted by atomic mass is 10.0. The standard InChI is InChI=1S/C13H10ClN2/c14-12-7-3-1-5-10(12)9-11-6-2-4-8-13(11)16-15/h1-8H,9H2/q+1. The van der Waals surface area contributed by atoms with E-state index < -0.39 is 0 Å². The van der Waals surface area contributed by atoms with Crippen LogP contribution >= 0.6 is 11.6 Å². The molecular weight excluding hydrogens is 220 g/mol. The Kier molecular flexibility index (Phi) is 3.19. The SMILES string of the molecule is N#[N+]c1ccccc1Cc1ccccc1Cl. The van der Waals surface area contributed by atoms with Gasteiger partial charge in [0.2, 0.25) is 5.39 Å². The van der Waals surface area contributed by atoms with Crippen molar-refractivity contribution in [2.24, 2.45) is 0 Å². The van der Waals surface area contributed by atoms with Crippen molar-refractivity contribution in [2.75, 3.05) is 0 Å². The minimum absolute atomic E-state index is 0.586. The van der Waals surface area contributed by atoms with E-state index >= 15 is 0 Å². The quantitative estimate of drug-likeness (QED) is 0.701. The maximum absolute atomic E-state index is 8.86. The lowest BCUT2D eigenvalue weighted by Crippen LogP contribution is -1.89. The first-order valence-corrected chi connectivity index (χ1v) is 5.35. The second kappa shape index (κ2) is 4.78. The second-order valence-corrected chi connectivity index (χ2v) is 3.90. The molecule has 3 heteroatoms. The van der Waals surface area contributed by atoms with Gasteiger partial charge in [0.1, 0.15) is 0 Å². The van der Waals surface area contributed by atoms with Crippen molar-refractivity contribution >= 4 is 17.3 Å². The highest BCUT2D eigenvalue weighted by Crippen LogP contribution is 2.24. The summed E-state index contributed by atoms with van der Waals surface area (Å²) in [4.78, 5) is 3.25. The van der Waals surface area contributed by atoms with Gasteiger partial charge in [-0.3, -0.25) is 0 Å². The summed E-state index contributed by atoms with van der Waals surface area (Å²) in [5, 5.41) is 9.59. The molecule has 0 bridgehead atoms. The van der Waals surface area contributed by atoms with Gasteiger partial charge < -0.3 is 0 Å². The van der Waals surface area contributed by atoms with Gasteiger partial charge in [-0.25, -0.2) is 0 Å². The van der Waals surface area contributed by atoms with Crippen LogP contribution in [-0.2, 0) is 6.42 Å². The van der Waals surface area contributed by atoms with Crippen LogP contribution in [0.4, 0.5) is 5.69 Å². The molecule has 0 spiro atoms. The molecule has 2 rings (SSSR count). The van der Waals surface area contributed by atoms with E-state index in [1.165, 1.54) is 0 Å². The lowest BCUT2D eigenvalue weighted by molar-refractivity contribution is 1.20. The molecule has 2 nitrogen and oxygen atoms in total. The third-order valence-electron chi connectivity index (χ3n) is 2.44. The highest BCUT2D eigenvalue weighted by Gasteiger charge is 2.13. The Bertz CT molecular complexity index is 544. The summed E-state index contributed by atoms with van der Waals surface area (Å²) in [6.45, 7) is 0. The van der Waals surface area contributed by atoms with Crippen LogP contribution in [0.5, 0.6) is 0 Å². The fourth-order valence-electron chi connectivity index (χ4n) is 1.60. The molecule has 0 aliphatic rings. The Morgan fingerprint density at radius 2 is 1.56 bits per heavy atom. The molecule has 0 unspecified atom stereocenters. The third-order valence-corrected chi connectivity index (χ3v) is 2.81. The van der Waals surface area contributed by atoms with Gasteiger partial charge in [-0.15, -0.1) is 0 Å². The third kappa shape index (κ3) is 2.21. The van der Waals surface area contributed by atoms with Crippen molar-refractivity contribution in [3.63, 3.8) is 0 Å². The second-order valence-electron chi connectivity index (χ2n) is 3.50. The van der Waals surface area contributed by atoms with Crippen molar-refractivity contribution in [2.45, 2.75) is 6.42 Å². The predicted molar refractivity (Wildman–Crippen MR) is 65.4 cm³/mol. The number of hydrogen-bond acceptors (Lipinski definition) is 1. The zero-order valence-electron chi connectivity index (χ0n) is 8.60. The van der Waals surface area contributed by atoms with Crippen LogP contribution in [0.25, 0.3) is 4.98 Å². The summed E-state index contributed by atoms with van der Waals surface area (Å²) in [5.74, 6) is 0. The first-order valence-electron chi connectivity index (χ1n) is 4.97. The highest BCUT2D eigenvalue weighted by atomic mass is 35.5. The Morgan fingerprint density at radius 1 is 0.938 bits per heavy atom. The van der Waals surface area contributed by atoms with Gasteiger partial charge in [-0.05, 0) is 11.6 Å². The Balaban J connectivity index is 2.35. The molecule has 0 aliphatic heterocycles. The Hall–Kier alpha value is -1.85. The molecule has 0 heterocycles. The van der Waals surface area contributed by atoms with E-state index in [9.17, 15) is 0 Å². The van der Waals surface area contributed by atoms with Gasteiger partial charge in [0, 0.05) is 17.5 Å². The summed E-state index contributed by atoms with van der Waals surface area (Å²) in [6.07, 6.45) is 0.667. The molecule has 0 amide bonds. The molecule has 2 aromatic rings. The fraction of sp³-hybridized carbons (Fsp3) is 0.0769. The number of halogens is 1. The number of nitrogens with zero attached hydrogens (tertiary/aromatic N) is 2. The molecule has 0 aromatic heterocycles. The van der Waals surface area contributed by atoms with Gasteiger partial charge >= 0.3 is 5.69 Å². The largest absolute Gasteiger partial charge is 0.388 e. The van der Waals surface area contributed by atoms with Gasteiger partial charge in [0.15, 0.2) is 4.98 Å². The zero-order chi connectivity index (χ0) is 11.4. The highest BCUT2D eigenvalue weighted by molar-refractivity contribution is 6.31. The first-order chi connectivity index (χ1) is 7.81. The van der Waals surface area contributed by atoms with Crippen LogP contribution in [0.2, 0.25) is 5.02 Å². The predicted octanol–water partition coefficient (Wildman–Crippen LogP) is 4.42. The van der Waals surface area contributed by atoms with Gasteiger partial charge in [-0.2, -0.15) is 0 Å². The molecular formula is C13H10ClN2+. The van der Waals surface area contributed by atoms with E-state index in [1.807, 2.05) is 42.5 Å². The zero-order valence-corrected chi connectivity index (χ0v) is 9.35. The van der Waals surface area contributed by atoms with Crippen LogP contribution < -0.4 is 0 Å². The number of hydrogen-bond donors (Lipinski definition) is 0. The fourth-order valence-corrected chi connectivity index (χ4v) is 1.81. The van der Waals surface area contributed by atoms with E-state index in [-0.39, 0.29) is 0 Å². The average Bonchev–Trinajstić information content (AvgIpc) is 2.33. The molecule has 78 valence electrons. The average molecular weight is 230 g/mol. The van der Waals surface area contributed by atoms with Crippen LogP contribution in [0, 0.1) is 5.39 Å². The summed E-state index contributed by atoms with van der Waals surface area (Å²) in [6, 6.07) is 15.1. The Morgan fingerprint density at radius 3 is 2.25 bits per heavy atom. The number of diazo groups is 1. The van der Waals surface area contributed by atoms with Crippen LogP contribution in [0.1, 0.15) is 11.1 Å². The van der Waals surface area contributed by atoms with E-state index in [2.05, 4.69) is 4.98 Å². The summed E-state index contributed by atoms with van der Waals surface area (Å²) in [7, 11) is 0.